The molecular weight excluding hydrogens is 348 g/mol. The van der Waals surface area contributed by atoms with E-state index in [1.165, 1.54) is 6.07 Å². The van der Waals surface area contributed by atoms with Gasteiger partial charge in [-0.3, -0.25) is 0 Å². The van der Waals surface area contributed by atoms with Crippen molar-refractivity contribution in [3.8, 4) is 17.1 Å². The molecule has 0 atom stereocenters. The summed E-state index contributed by atoms with van der Waals surface area (Å²) in [7, 11) is 0. The molecule has 146 valence electrons. The largest absolute Gasteiger partial charge is 0.476 e. The second-order valence-electron chi connectivity index (χ2n) is 7.97. The van der Waals surface area contributed by atoms with Crippen molar-refractivity contribution in [1.82, 2.24) is 15.1 Å². The van der Waals surface area contributed by atoms with E-state index >= 15 is 0 Å². The lowest BCUT2D eigenvalue weighted by molar-refractivity contribution is 0.0828. The minimum absolute atomic E-state index is 0.253. The molecular formula is C21H27F2N3O. The Bertz CT molecular complexity index is 751. The summed E-state index contributed by atoms with van der Waals surface area (Å²) in [5, 5.41) is 8.24. The van der Waals surface area contributed by atoms with Gasteiger partial charge in [0, 0.05) is 18.2 Å². The van der Waals surface area contributed by atoms with E-state index in [1.807, 2.05) is 6.07 Å². The van der Waals surface area contributed by atoms with Gasteiger partial charge in [-0.1, -0.05) is 12.1 Å². The molecule has 0 N–H and O–H groups in total. The van der Waals surface area contributed by atoms with Crippen molar-refractivity contribution in [1.29, 1.82) is 0 Å². The fourth-order valence-electron chi connectivity index (χ4n) is 3.35. The number of aromatic nitrogens is 2. The number of halogens is 2. The molecule has 27 heavy (non-hydrogen) atoms. The van der Waals surface area contributed by atoms with Crippen molar-refractivity contribution in [2.75, 3.05) is 26.2 Å². The number of hydrogen-bond acceptors (Lipinski definition) is 4. The summed E-state index contributed by atoms with van der Waals surface area (Å²) in [6, 6.07) is 8.58. The molecule has 0 unspecified atom stereocenters. The summed E-state index contributed by atoms with van der Waals surface area (Å²) in [4.78, 5) is 2.17. The van der Waals surface area contributed by atoms with Crippen molar-refractivity contribution in [3.05, 3.63) is 41.7 Å². The normalized spacial score (nSPS) is 16.5. The monoisotopic (exact) mass is 375 g/mol. The Morgan fingerprint density at radius 2 is 1.89 bits per heavy atom. The smallest absolute Gasteiger partial charge is 0.233 e. The predicted octanol–water partition coefficient (Wildman–Crippen LogP) is 4.43. The zero-order valence-corrected chi connectivity index (χ0v) is 16.2. The highest BCUT2D eigenvalue weighted by atomic mass is 19.1. The van der Waals surface area contributed by atoms with Gasteiger partial charge in [-0.15, -0.1) is 10.2 Å². The number of ether oxygens (including phenoxy) is 1. The standard InChI is InChI=1S/C21H27F2N3O/c1-15-4-5-17(12-18(15)22)19-6-7-20(25-24-19)27-13-16-8-10-26(11-9-16)14-21(2,3)23/h4-7,12,16H,8-11,13-14H2,1-3H3. The van der Waals surface area contributed by atoms with Crippen LogP contribution in [0.4, 0.5) is 8.78 Å². The molecule has 0 saturated carbocycles. The van der Waals surface area contributed by atoms with Crippen LogP contribution in [0.5, 0.6) is 5.88 Å². The summed E-state index contributed by atoms with van der Waals surface area (Å²) in [6.45, 7) is 7.82. The van der Waals surface area contributed by atoms with Gasteiger partial charge in [-0.2, -0.15) is 0 Å². The van der Waals surface area contributed by atoms with E-state index in [1.54, 1.807) is 39.0 Å². The van der Waals surface area contributed by atoms with E-state index in [-0.39, 0.29) is 5.82 Å². The van der Waals surface area contributed by atoms with Crippen LogP contribution in [0.25, 0.3) is 11.3 Å². The molecule has 0 radical (unpaired) electrons. The molecule has 1 aliphatic heterocycles. The topological polar surface area (TPSA) is 38.2 Å². The van der Waals surface area contributed by atoms with Crippen LogP contribution >= 0.6 is 0 Å². The van der Waals surface area contributed by atoms with Crippen LogP contribution in [-0.2, 0) is 0 Å². The molecule has 1 saturated heterocycles. The van der Waals surface area contributed by atoms with Crippen LogP contribution in [0, 0.1) is 18.7 Å². The summed E-state index contributed by atoms with van der Waals surface area (Å²) in [5.74, 6) is 0.660. The number of alkyl halides is 1. The number of benzene rings is 1. The van der Waals surface area contributed by atoms with Gasteiger partial charge < -0.3 is 9.64 Å². The molecule has 0 spiro atoms. The molecule has 1 aromatic carbocycles. The molecule has 2 heterocycles. The number of hydrogen-bond donors (Lipinski definition) is 0. The predicted molar refractivity (Wildman–Crippen MR) is 102 cm³/mol. The highest BCUT2D eigenvalue weighted by molar-refractivity contribution is 5.59. The first kappa shape index (κ1) is 19.7. The van der Waals surface area contributed by atoms with E-state index in [2.05, 4.69) is 15.1 Å². The number of nitrogens with zero attached hydrogens (tertiary/aromatic N) is 3. The number of aryl methyl sites for hydroxylation is 1. The lowest BCUT2D eigenvalue weighted by atomic mass is 9.97. The summed E-state index contributed by atoms with van der Waals surface area (Å²) < 4.78 is 33.2. The Morgan fingerprint density at radius 3 is 2.48 bits per heavy atom. The summed E-state index contributed by atoms with van der Waals surface area (Å²) >= 11 is 0. The van der Waals surface area contributed by atoms with Gasteiger partial charge in [0.2, 0.25) is 5.88 Å². The Kier molecular flexibility index (Phi) is 6.05. The quantitative estimate of drug-likeness (QED) is 0.749. The van der Waals surface area contributed by atoms with Crippen molar-refractivity contribution in [3.63, 3.8) is 0 Å². The van der Waals surface area contributed by atoms with Crippen molar-refractivity contribution < 1.29 is 13.5 Å². The lowest BCUT2D eigenvalue weighted by Gasteiger charge is -2.34. The molecule has 3 rings (SSSR count). The van der Waals surface area contributed by atoms with E-state index in [0.717, 1.165) is 25.9 Å². The average Bonchev–Trinajstić information content (AvgIpc) is 2.63. The fourth-order valence-corrected chi connectivity index (χ4v) is 3.35. The Hall–Kier alpha value is -2.08. The number of likely N-dealkylation sites (tertiary alicyclic amines) is 1. The molecule has 1 fully saturated rings. The third-order valence-corrected chi connectivity index (χ3v) is 4.88. The molecule has 0 aliphatic carbocycles. The first-order valence-corrected chi connectivity index (χ1v) is 9.44. The second kappa shape index (κ2) is 8.30. The van der Waals surface area contributed by atoms with Gasteiger partial charge in [0.25, 0.3) is 0 Å². The Morgan fingerprint density at radius 1 is 1.15 bits per heavy atom. The summed E-state index contributed by atoms with van der Waals surface area (Å²) in [5.41, 5.74) is 0.762. The van der Waals surface area contributed by atoms with Crippen LogP contribution in [0.15, 0.2) is 30.3 Å². The highest BCUT2D eigenvalue weighted by Gasteiger charge is 2.25. The van der Waals surface area contributed by atoms with Crippen LogP contribution in [0.1, 0.15) is 32.3 Å². The van der Waals surface area contributed by atoms with Gasteiger partial charge in [0.05, 0.1) is 12.3 Å². The Balaban J connectivity index is 1.49. The average molecular weight is 375 g/mol. The van der Waals surface area contributed by atoms with Crippen LogP contribution in [0.2, 0.25) is 0 Å². The molecule has 0 amide bonds. The maximum atomic E-state index is 13.7. The minimum atomic E-state index is -1.15. The number of rotatable bonds is 6. The highest BCUT2D eigenvalue weighted by Crippen LogP contribution is 2.23. The molecule has 2 aromatic rings. The molecule has 1 aromatic heterocycles. The van der Waals surface area contributed by atoms with E-state index in [0.29, 0.717) is 41.8 Å². The molecule has 0 bridgehead atoms. The SMILES string of the molecule is Cc1ccc(-c2ccc(OCC3CCN(CC(C)(C)F)CC3)nn2)cc1F. The van der Waals surface area contributed by atoms with Gasteiger partial charge >= 0.3 is 0 Å². The first-order valence-electron chi connectivity index (χ1n) is 9.44. The van der Waals surface area contributed by atoms with Crippen LogP contribution < -0.4 is 4.74 Å². The third kappa shape index (κ3) is 5.70. The zero-order valence-electron chi connectivity index (χ0n) is 16.2. The van der Waals surface area contributed by atoms with E-state index in [9.17, 15) is 8.78 Å². The van der Waals surface area contributed by atoms with Gasteiger partial charge in [0.1, 0.15) is 11.5 Å². The van der Waals surface area contributed by atoms with Gasteiger partial charge in [0.15, 0.2) is 0 Å². The van der Waals surface area contributed by atoms with Gasteiger partial charge in [-0.25, -0.2) is 8.78 Å². The van der Waals surface area contributed by atoms with Gasteiger partial charge in [-0.05, 0) is 70.3 Å². The zero-order chi connectivity index (χ0) is 19.4. The summed E-state index contributed by atoms with van der Waals surface area (Å²) in [6.07, 6.45) is 1.98. The third-order valence-electron chi connectivity index (χ3n) is 4.88. The molecule has 6 heteroatoms. The van der Waals surface area contributed by atoms with E-state index < -0.39 is 5.67 Å². The maximum absolute atomic E-state index is 13.7. The minimum Gasteiger partial charge on any atom is -0.476 e. The molecule has 1 aliphatic rings. The lowest BCUT2D eigenvalue weighted by Crippen LogP contribution is -2.41. The van der Waals surface area contributed by atoms with Crippen molar-refractivity contribution >= 4 is 0 Å². The van der Waals surface area contributed by atoms with Crippen LogP contribution in [0.3, 0.4) is 0 Å². The van der Waals surface area contributed by atoms with Crippen LogP contribution in [-0.4, -0.2) is 47.0 Å². The first-order chi connectivity index (χ1) is 12.8. The van der Waals surface area contributed by atoms with Crippen molar-refractivity contribution in [2.45, 2.75) is 39.3 Å². The number of piperidine rings is 1. The Labute approximate surface area is 159 Å². The van der Waals surface area contributed by atoms with E-state index in [4.69, 9.17) is 4.74 Å². The molecule has 4 nitrogen and oxygen atoms in total. The van der Waals surface area contributed by atoms with Crippen molar-refractivity contribution in [2.24, 2.45) is 5.92 Å². The maximum Gasteiger partial charge on any atom is 0.233 e. The second-order valence-corrected chi connectivity index (χ2v) is 7.97. The fraction of sp³-hybridized carbons (Fsp3) is 0.524.